The minimum absolute atomic E-state index is 0.446. The standard InChI is InChI=1S/C14H19BrN2OS/c1-18-9-10-5-7-17(8-6-10)12-4-2-3-11(15)13(12)14(16)19/h2-4,10H,5-9H2,1H3,(H2,16,19). The number of rotatable bonds is 4. The Morgan fingerprint density at radius 1 is 1.47 bits per heavy atom. The van der Waals surface area contributed by atoms with E-state index in [0.29, 0.717) is 10.9 Å². The number of hydrogen-bond donors (Lipinski definition) is 1. The molecule has 0 aromatic heterocycles. The number of benzene rings is 1. The van der Waals surface area contributed by atoms with Crippen LogP contribution in [0.5, 0.6) is 0 Å². The monoisotopic (exact) mass is 342 g/mol. The summed E-state index contributed by atoms with van der Waals surface area (Å²) < 4.78 is 6.21. The second-order valence-electron chi connectivity index (χ2n) is 4.88. The van der Waals surface area contributed by atoms with Crippen LogP contribution in [0.2, 0.25) is 0 Å². The van der Waals surface area contributed by atoms with Crippen LogP contribution in [0.4, 0.5) is 5.69 Å². The van der Waals surface area contributed by atoms with Gasteiger partial charge in [-0.15, -0.1) is 0 Å². The van der Waals surface area contributed by atoms with Crippen LogP contribution in [-0.2, 0) is 4.74 Å². The Morgan fingerprint density at radius 2 is 2.16 bits per heavy atom. The molecule has 1 heterocycles. The maximum Gasteiger partial charge on any atom is 0.107 e. The van der Waals surface area contributed by atoms with E-state index in [1.54, 1.807) is 7.11 Å². The Kier molecular flexibility index (Phi) is 5.19. The van der Waals surface area contributed by atoms with Crippen molar-refractivity contribution in [1.82, 2.24) is 0 Å². The molecule has 1 aliphatic heterocycles. The van der Waals surface area contributed by atoms with E-state index in [9.17, 15) is 0 Å². The van der Waals surface area contributed by atoms with Crippen LogP contribution in [0.25, 0.3) is 0 Å². The molecule has 19 heavy (non-hydrogen) atoms. The number of nitrogens with zero attached hydrogens (tertiary/aromatic N) is 1. The minimum Gasteiger partial charge on any atom is -0.389 e. The lowest BCUT2D eigenvalue weighted by Gasteiger charge is -2.34. The molecule has 1 saturated heterocycles. The molecule has 0 amide bonds. The van der Waals surface area contributed by atoms with Crippen molar-refractivity contribution in [1.29, 1.82) is 0 Å². The first-order valence-corrected chi connectivity index (χ1v) is 7.65. The Hall–Kier alpha value is -0.650. The van der Waals surface area contributed by atoms with Gasteiger partial charge in [-0.25, -0.2) is 0 Å². The fourth-order valence-corrected chi connectivity index (χ4v) is 3.51. The van der Waals surface area contributed by atoms with E-state index >= 15 is 0 Å². The second kappa shape index (κ2) is 6.68. The predicted molar refractivity (Wildman–Crippen MR) is 86.8 cm³/mol. The number of nitrogens with two attached hydrogens (primary N) is 1. The molecule has 3 nitrogen and oxygen atoms in total. The molecule has 0 unspecified atom stereocenters. The molecule has 0 aliphatic carbocycles. The first-order valence-electron chi connectivity index (χ1n) is 6.45. The molecule has 0 atom stereocenters. The van der Waals surface area contributed by atoms with Gasteiger partial charge in [0.15, 0.2) is 0 Å². The minimum atomic E-state index is 0.446. The van der Waals surface area contributed by atoms with E-state index in [1.165, 1.54) is 0 Å². The Balaban J connectivity index is 2.15. The number of methoxy groups -OCH3 is 1. The zero-order chi connectivity index (χ0) is 13.8. The van der Waals surface area contributed by atoms with Gasteiger partial charge in [0.1, 0.15) is 4.99 Å². The van der Waals surface area contributed by atoms with E-state index in [0.717, 1.165) is 48.3 Å². The van der Waals surface area contributed by atoms with Gasteiger partial charge in [0.25, 0.3) is 0 Å². The van der Waals surface area contributed by atoms with Crippen LogP contribution in [-0.4, -0.2) is 31.8 Å². The van der Waals surface area contributed by atoms with Gasteiger partial charge in [0.05, 0.1) is 0 Å². The zero-order valence-corrected chi connectivity index (χ0v) is 13.5. The van der Waals surface area contributed by atoms with Gasteiger partial charge >= 0.3 is 0 Å². The number of anilines is 1. The number of ether oxygens (including phenoxy) is 1. The molecule has 2 rings (SSSR count). The fraction of sp³-hybridized carbons (Fsp3) is 0.500. The molecule has 0 radical (unpaired) electrons. The summed E-state index contributed by atoms with van der Waals surface area (Å²) in [5.41, 5.74) is 7.94. The average Bonchev–Trinajstić information content (AvgIpc) is 2.39. The number of piperidine rings is 1. The Labute approximate surface area is 128 Å². The molecular formula is C14H19BrN2OS. The van der Waals surface area contributed by atoms with Crippen molar-refractivity contribution in [2.75, 3.05) is 31.7 Å². The van der Waals surface area contributed by atoms with Gasteiger partial charge in [0, 0.05) is 42.5 Å². The summed E-state index contributed by atoms with van der Waals surface area (Å²) in [4.78, 5) is 2.81. The van der Waals surface area contributed by atoms with Crippen molar-refractivity contribution in [3.8, 4) is 0 Å². The maximum absolute atomic E-state index is 5.85. The Morgan fingerprint density at radius 3 is 2.74 bits per heavy atom. The molecule has 0 bridgehead atoms. The van der Waals surface area contributed by atoms with Crippen LogP contribution in [0.3, 0.4) is 0 Å². The Bertz CT molecular complexity index is 459. The van der Waals surface area contributed by atoms with Crippen LogP contribution in [0.15, 0.2) is 22.7 Å². The van der Waals surface area contributed by atoms with Crippen molar-refractivity contribution in [2.45, 2.75) is 12.8 Å². The maximum atomic E-state index is 5.85. The first kappa shape index (κ1) is 14.8. The SMILES string of the molecule is COCC1CCN(c2cccc(Br)c2C(N)=S)CC1. The highest BCUT2D eigenvalue weighted by Gasteiger charge is 2.22. The van der Waals surface area contributed by atoms with E-state index in [1.807, 2.05) is 12.1 Å². The van der Waals surface area contributed by atoms with Crippen molar-refractivity contribution in [3.05, 3.63) is 28.2 Å². The molecule has 1 aromatic rings. The molecule has 1 aromatic carbocycles. The van der Waals surface area contributed by atoms with Crippen LogP contribution in [0.1, 0.15) is 18.4 Å². The number of thiocarbonyl (C=S) groups is 1. The number of halogens is 1. The van der Waals surface area contributed by atoms with Crippen molar-refractivity contribution in [2.24, 2.45) is 11.7 Å². The van der Waals surface area contributed by atoms with Gasteiger partial charge in [-0.05, 0) is 46.8 Å². The quantitative estimate of drug-likeness (QED) is 0.853. The lowest BCUT2D eigenvalue weighted by atomic mass is 9.97. The van der Waals surface area contributed by atoms with Crippen molar-refractivity contribution in [3.63, 3.8) is 0 Å². The van der Waals surface area contributed by atoms with E-state index in [-0.39, 0.29) is 0 Å². The normalized spacial score (nSPS) is 16.6. The smallest absolute Gasteiger partial charge is 0.107 e. The summed E-state index contributed by atoms with van der Waals surface area (Å²) in [7, 11) is 1.77. The molecular weight excluding hydrogens is 324 g/mol. The third-order valence-corrected chi connectivity index (χ3v) is 4.46. The number of hydrogen-bond acceptors (Lipinski definition) is 3. The van der Waals surface area contributed by atoms with Crippen LogP contribution >= 0.6 is 28.1 Å². The molecule has 1 aliphatic rings. The molecule has 1 fully saturated rings. The van der Waals surface area contributed by atoms with Crippen molar-refractivity contribution < 1.29 is 4.74 Å². The summed E-state index contributed by atoms with van der Waals surface area (Å²) in [6.45, 7) is 2.91. The summed E-state index contributed by atoms with van der Waals surface area (Å²) in [6.07, 6.45) is 2.30. The third-order valence-electron chi connectivity index (χ3n) is 3.60. The second-order valence-corrected chi connectivity index (χ2v) is 6.18. The van der Waals surface area contributed by atoms with E-state index in [2.05, 4.69) is 26.9 Å². The molecule has 104 valence electrons. The topological polar surface area (TPSA) is 38.5 Å². The van der Waals surface area contributed by atoms with Gasteiger partial charge in [-0.1, -0.05) is 18.3 Å². The third kappa shape index (κ3) is 3.46. The van der Waals surface area contributed by atoms with Gasteiger partial charge in [-0.3, -0.25) is 0 Å². The fourth-order valence-electron chi connectivity index (χ4n) is 2.60. The predicted octanol–water partition coefficient (Wildman–Crippen LogP) is 2.95. The summed E-state index contributed by atoms with van der Waals surface area (Å²) in [5, 5.41) is 0. The molecule has 5 heteroatoms. The van der Waals surface area contributed by atoms with Gasteiger partial charge in [0.2, 0.25) is 0 Å². The lowest BCUT2D eigenvalue weighted by molar-refractivity contribution is 0.139. The first-order chi connectivity index (χ1) is 9.13. The largest absolute Gasteiger partial charge is 0.389 e. The summed E-state index contributed by atoms with van der Waals surface area (Å²) in [5.74, 6) is 0.668. The highest BCUT2D eigenvalue weighted by molar-refractivity contribution is 9.10. The molecule has 0 saturated carbocycles. The highest BCUT2D eigenvalue weighted by atomic mass is 79.9. The van der Waals surface area contributed by atoms with Crippen LogP contribution < -0.4 is 10.6 Å². The molecule has 0 spiro atoms. The average molecular weight is 343 g/mol. The van der Waals surface area contributed by atoms with Gasteiger partial charge in [-0.2, -0.15) is 0 Å². The zero-order valence-electron chi connectivity index (χ0n) is 11.1. The summed E-state index contributed by atoms with van der Waals surface area (Å²) >= 11 is 8.71. The summed E-state index contributed by atoms with van der Waals surface area (Å²) in [6, 6.07) is 6.11. The lowest BCUT2D eigenvalue weighted by Crippen LogP contribution is -2.36. The molecule has 2 N–H and O–H groups in total. The highest BCUT2D eigenvalue weighted by Crippen LogP contribution is 2.31. The van der Waals surface area contributed by atoms with E-state index < -0.39 is 0 Å². The van der Waals surface area contributed by atoms with Gasteiger partial charge < -0.3 is 15.4 Å². The van der Waals surface area contributed by atoms with Crippen molar-refractivity contribution >= 4 is 38.8 Å². The van der Waals surface area contributed by atoms with Crippen LogP contribution in [0, 0.1) is 5.92 Å². The van der Waals surface area contributed by atoms with E-state index in [4.69, 9.17) is 22.7 Å².